The molecule has 6 nitrogen and oxygen atoms in total. The van der Waals surface area contributed by atoms with Crippen molar-refractivity contribution in [3.8, 4) is 11.5 Å². The molecule has 0 radical (unpaired) electrons. The number of aryl methyl sites for hydroxylation is 1. The number of nitrogens with zero attached hydrogens (tertiary/aromatic N) is 3. The highest BCUT2D eigenvalue weighted by molar-refractivity contribution is 5.95. The van der Waals surface area contributed by atoms with Crippen LogP contribution in [0.5, 0.6) is 11.5 Å². The van der Waals surface area contributed by atoms with E-state index in [4.69, 9.17) is 9.47 Å². The van der Waals surface area contributed by atoms with Crippen molar-refractivity contribution in [2.24, 2.45) is 13.0 Å². The van der Waals surface area contributed by atoms with E-state index in [1.165, 1.54) is 0 Å². The number of amides is 1. The van der Waals surface area contributed by atoms with E-state index in [1.54, 1.807) is 32.4 Å². The molecule has 1 aliphatic rings. The summed E-state index contributed by atoms with van der Waals surface area (Å²) in [7, 11) is 6.92. The molecule has 0 unspecified atom stereocenters. The lowest BCUT2D eigenvalue weighted by atomic mass is 10.1. The largest absolute Gasteiger partial charge is 0.497 e. The lowest BCUT2D eigenvalue weighted by Gasteiger charge is -2.17. The third-order valence-corrected chi connectivity index (χ3v) is 4.37. The van der Waals surface area contributed by atoms with Gasteiger partial charge in [-0.2, -0.15) is 0 Å². The lowest BCUT2D eigenvalue weighted by Crippen LogP contribution is -2.30. The number of rotatable bonds is 5. The van der Waals surface area contributed by atoms with E-state index in [9.17, 15) is 4.79 Å². The first kappa shape index (κ1) is 15.4. The van der Waals surface area contributed by atoms with Crippen molar-refractivity contribution in [3.63, 3.8) is 0 Å². The monoisotopic (exact) mass is 315 g/mol. The smallest absolute Gasteiger partial charge is 0.232 e. The number of anilines is 1. The topological polar surface area (TPSA) is 56.6 Å². The molecule has 122 valence electrons. The molecular formula is C17H21N3O3. The Balaban J connectivity index is 1.79. The number of carbonyl (C=O) groups is 1. The van der Waals surface area contributed by atoms with Gasteiger partial charge >= 0.3 is 0 Å². The fourth-order valence-corrected chi connectivity index (χ4v) is 2.97. The summed E-state index contributed by atoms with van der Waals surface area (Å²) in [5.41, 5.74) is 1.03. The van der Waals surface area contributed by atoms with Gasteiger partial charge in [0.1, 0.15) is 11.5 Å². The summed E-state index contributed by atoms with van der Waals surface area (Å²) in [5, 5.41) is 0. The average Bonchev–Trinajstić information content (AvgIpc) is 3.26. The van der Waals surface area contributed by atoms with Crippen molar-refractivity contribution in [2.45, 2.75) is 12.3 Å². The Morgan fingerprint density at radius 1 is 1.35 bits per heavy atom. The second kappa shape index (κ2) is 5.95. The molecule has 1 fully saturated rings. The summed E-state index contributed by atoms with van der Waals surface area (Å²) < 4.78 is 12.5. The summed E-state index contributed by atoms with van der Waals surface area (Å²) in [4.78, 5) is 18.5. The molecular weight excluding hydrogens is 294 g/mol. The van der Waals surface area contributed by atoms with Gasteiger partial charge in [0.15, 0.2) is 0 Å². The fourth-order valence-electron chi connectivity index (χ4n) is 2.97. The van der Waals surface area contributed by atoms with Crippen LogP contribution in [0.25, 0.3) is 0 Å². The van der Waals surface area contributed by atoms with Crippen LogP contribution in [0.3, 0.4) is 0 Å². The number of hydrogen-bond donors (Lipinski definition) is 0. The van der Waals surface area contributed by atoms with Gasteiger partial charge in [0.2, 0.25) is 11.9 Å². The molecule has 0 bridgehead atoms. The van der Waals surface area contributed by atoms with E-state index in [1.807, 2.05) is 36.0 Å². The van der Waals surface area contributed by atoms with Crippen molar-refractivity contribution in [2.75, 3.05) is 26.2 Å². The van der Waals surface area contributed by atoms with E-state index in [0.717, 1.165) is 23.5 Å². The molecule has 23 heavy (non-hydrogen) atoms. The quantitative estimate of drug-likeness (QED) is 0.849. The second-order valence-electron chi connectivity index (χ2n) is 5.79. The number of carbonyl (C=O) groups excluding carboxylic acids is 1. The highest BCUT2D eigenvalue weighted by Gasteiger charge is 2.47. The Bertz CT molecular complexity index is 726. The summed E-state index contributed by atoms with van der Waals surface area (Å²) >= 11 is 0. The minimum absolute atomic E-state index is 0.0438. The summed E-state index contributed by atoms with van der Waals surface area (Å²) in [6, 6.07) is 5.70. The van der Waals surface area contributed by atoms with Crippen LogP contribution in [-0.4, -0.2) is 36.7 Å². The van der Waals surface area contributed by atoms with Gasteiger partial charge in [-0.3, -0.25) is 9.69 Å². The molecule has 0 spiro atoms. The van der Waals surface area contributed by atoms with Gasteiger partial charge in [-0.25, -0.2) is 4.98 Å². The molecule has 1 aromatic heterocycles. The van der Waals surface area contributed by atoms with Gasteiger partial charge in [0.05, 0.1) is 14.2 Å². The molecule has 1 saturated carbocycles. The number of methoxy groups -OCH3 is 2. The van der Waals surface area contributed by atoms with Gasteiger partial charge in [-0.05, 0) is 24.6 Å². The maximum absolute atomic E-state index is 12.7. The van der Waals surface area contributed by atoms with E-state index < -0.39 is 0 Å². The van der Waals surface area contributed by atoms with Gasteiger partial charge in [-0.15, -0.1) is 0 Å². The van der Waals surface area contributed by atoms with Crippen molar-refractivity contribution < 1.29 is 14.3 Å². The minimum Gasteiger partial charge on any atom is -0.497 e. The molecule has 1 heterocycles. The number of aromatic nitrogens is 2. The highest BCUT2D eigenvalue weighted by atomic mass is 16.5. The third kappa shape index (κ3) is 2.76. The minimum atomic E-state index is -0.0438. The highest BCUT2D eigenvalue weighted by Crippen LogP contribution is 2.52. The van der Waals surface area contributed by atoms with E-state index in [-0.39, 0.29) is 17.7 Å². The van der Waals surface area contributed by atoms with Crippen LogP contribution in [-0.2, 0) is 11.8 Å². The first-order valence-electron chi connectivity index (χ1n) is 7.53. The maximum atomic E-state index is 12.7. The van der Waals surface area contributed by atoms with E-state index in [2.05, 4.69) is 4.98 Å². The number of ether oxygens (including phenoxy) is 2. The van der Waals surface area contributed by atoms with E-state index in [0.29, 0.717) is 5.95 Å². The first-order valence-corrected chi connectivity index (χ1v) is 7.53. The zero-order valence-corrected chi connectivity index (χ0v) is 13.8. The molecule has 0 N–H and O–H groups in total. The number of benzene rings is 1. The first-order chi connectivity index (χ1) is 11.1. The zero-order valence-electron chi connectivity index (χ0n) is 13.8. The van der Waals surface area contributed by atoms with Crippen molar-refractivity contribution >= 4 is 11.9 Å². The van der Waals surface area contributed by atoms with Crippen molar-refractivity contribution in [1.29, 1.82) is 0 Å². The van der Waals surface area contributed by atoms with Crippen LogP contribution in [0.4, 0.5) is 5.95 Å². The summed E-state index contributed by atoms with van der Waals surface area (Å²) in [6.45, 7) is 0. The molecule has 2 atom stereocenters. The molecule has 0 aliphatic heterocycles. The van der Waals surface area contributed by atoms with Crippen LogP contribution >= 0.6 is 0 Å². The molecule has 2 aromatic rings. The standard InChI is InChI=1S/C17H21N3O3/c1-19-8-7-18-17(19)20(2)16(21)14-10-12(14)13-9-11(22-3)5-6-15(13)23-4/h5-9,12,14H,10H2,1-4H3/t12-,14+/m0/s1. The van der Waals surface area contributed by atoms with Gasteiger partial charge < -0.3 is 14.0 Å². The molecule has 0 saturated heterocycles. The van der Waals surface area contributed by atoms with Gasteiger partial charge in [0, 0.05) is 43.9 Å². The van der Waals surface area contributed by atoms with Crippen LogP contribution in [0.15, 0.2) is 30.6 Å². The Labute approximate surface area is 135 Å². The molecule has 3 rings (SSSR count). The predicted molar refractivity (Wildman–Crippen MR) is 87.0 cm³/mol. The van der Waals surface area contributed by atoms with E-state index >= 15 is 0 Å². The number of hydrogen-bond acceptors (Lipinski definition) is 4. The SMILES string of the molecule is COc1ccc(OC)c([C@@H]2C[C@H]2C(=O)N(C)c2nccn2C)c1. The second-order valence-corrected chi connectivity index (χ2v) is 5.79. The molecule has 1 amide bonds. The predicted octanol–water partition coefficient (Wildman–Crippen LogP) is 2.20. The molecule has 1 aliphatic carbocycles. The number of imidazole rings is 1. The van der Waals surface area contributed by atoms with Gasteiger partial charge in [0.25, 0.3) is 0 Å². The molecule has 6 heteroatoms. The fraction of sp³-hybridized carbons (Fsp3) is 0.412. The lowest BCUT2D eigenvalue weighted by molar-refractivity contribution is -0.119. The van der Waals surface area contributed by atoms with Crippen LogP contribution in [0, 0.1) is 5.92 Å². The maximum Gasteiger partial charge on any atom is 0.232 e. The zero-order chi connectivity index (χ0) is 16.6. The van der Waals surface area contributed by atoms with Gasteiger partial charge in [-0.1, -0.05) is 0 Å². The Kier molecular flexibility index (Phi) is 3.98. The van der Waals surface area contributed by atoms with Crippen molar-refractivity contribution in [3.05, 3.63) is 36.2 Å². The Morgan fingerprint density at radius 3 is 2.74 bits per heavy atom. The Morgan fingerprint density at radius 2 is 2.13 bits per heavy atom. The van der Waals surface area contributed by atoms with Crippen LogP contribution in [0.1, 0.15) is 17.9 Å². The molecule has 1 aromatic carbocycles. The summed E-state index contributed by atoms with van der Waals surface area (Å²) in [6.07, 6.45) is 4.33. The third-order valence-electron chi connectivity index (χ3n) is 4.37. The van der Waals surface area contributed by atoms with Crippen molar-refractivity contribution in [1.82, 2.24) is 9.55 Å². The Hall–Kier alpha value is -2.50. The average molecular weight is 315 g/mol. The van der Waals surface area contributed by atoms with Crippen LogP contribution < -0.4 is 14.4 Å². The normalized spacial score (nSPS) is 19.3. The van der Waals surface area contributed by atoms with Crippen LogP contribution in [0.2, 0.25) is 0 Å². The summed E-state index contributed by atoms with van der Waals surface area (Å²) in [5.74, 6) is 2.42.